The van der Waals surface area contributed by atoms with E-state index in [9.17, 15) is 9.59 Å². The molecule has 102 valence electrons. The lowest BCUT2D eigenvalue weighted by Gasteiger charge is -2.21. The molecule has 0 saturated carbocycles. The second-order valence-electron chi connectivity index (χ2n) is 4.51. The number of carbonyl (C=O) groups is 2. The summed E-state index contributed by atoms with van der Waals surface area (Å²) in [6.45, 7) is 0.497. The molecular formula is C13H13Cl2NO3. The number of carbonyl (C=O) groups excluding carboxylic acids is 1. The van der Waals surface area contributed by atoms with Gasteiger partial charge in [-0.3, -0.25) is 4.79 Å². The van der Waals surface area contributed by atoms with E-state index in [4.69, 9.17) is 28.3 Å². The molecule has 4 nitrogen and oxygen atoms in total. The maximum atomic E-state index is 12.1. The number of hydrogen-bond donors (Lipinski definition) is 1. The summed E-state index contributed by atoms with van der Waals surface area (Å²) in [5, 5.41) is 9.87. The topological polar surface area (TPSA) is 57.6 Å². The van der Waals surface area contributed by atoms with E-state index >= 15 is 0 Å². The Balaban J connectivity index is 2.08. The predicted molar refractivity (Wildman–Crippen MR) is 72.5 cm³/mol. The monoisotopic (exact) mass is 301 g/mol. The van der Waals surface area contributed by atoms with Crippen molar-refractivity contribution >= 4 is 35.1 Å². The summed E-state index contributed by atoms with van der Waals surface area (Å²) < 4.78 is 0. The summed E-state index contributed by atoms with van der Waals surface area (Å²) in [5.74, 6) is -1.14. The van der Waals surface area contributed by atoms with Gasteiger partial charge in [0.25, 0.3) is 0 Å². The molecular weight excluding hydrogens is 289 g/mol. The second kappa shape index (κ2) is 5.80. The third kappa shape index (κ3) is 3.19. The Morgan fingerprint density at radius 2 is 2.05 bits per heavy atom. The van der Waals surface area contributed by atoms with Crippen LogP contribution in [0.5, 0.6) is 0 Å². The summed E-state index contributed by atoms with van der Waals surface area (Å²) in [4.78, 5) is 24.6. The SMILES string of the molecule is O=C(O)C1CCCN1C(=O)Cc1ccc(Cl)c(Cl)c1. The molecule has 0 aromatic heterocycles. The predicted octanol–water partition coefficient (Wildman–Crippen LogP) is 2.61. The number of benzene rings is 1. The summed E-state index contributed by atoms with van der Waals surface area (Å²) in [6.07, 6.45) is 1.38. The molecule has 2 rings (SSSR count). The fourth-order valence-corrected chi connectivity index (χ4v) is 2.57. The molecule has 1 unspecified atom stereocenters. The van der Waals surface area contributed by atoms with Crippen molar-refractivity contribution in [2.24, 2.45) is 0 Å². The highest BCUT2D eigenvalue weighted by atomic mass is 35.5. The molecule has 0 radical (unpaired) electrons. The van der Waals surface area contributed by atoms with Gasteiger partial charge in [-0.25, -0.2) is 4.79 Å². The average molecular weight is 302 g/mol. The molecule has 1 amide bonds. The van der Waals surface area contributed by atoms with Crippen LogP contribution >= 0.6 is 23.2 Å². The third-order valence-electron chi connectivity index (χ3n) is 3.20. The van der Waals surface area contributed by atoms with E-state index in [0.29, 0.717) is 23.0 Å². The second-order valence-corrected chi connectivity index (χ2v) is 5.32. The molecule has 1 aliphatic rings. The van der Waals surface area contributed by atoms with E-state index in [2.05, 4.69) is 0 Å². The molecule has 0 spiro atoms. The number of halogens is 2. The molecule has 1 aromatic rings. The molecule has 1 atom stereocenters. The minimum atomic E-state index is -0.944. The van der Waals surface area contributed by atoms with E-state index in [1.807, 2.05) is 0 Å². The Labute approximate surface area is 120 Å². The Hall–Kier alpha value is -1.26. The van der Waals surface area contributed by atoms with Crippen molar-refractivity contribution in [1.82, 2.24) is 4.90 Å². The van der Waals surface area contributed by atoms with Crippen LogP contribution in [0.3, 0.4) is 0 Å². The highest BCUT2D eigenvalue weighted by molar-refractivity contribution is 6.42. The molecule has 1 aromatic carbocycles. The highest BCUT2D eigenvalue weighted by Crippen LogP contribution is 2.24. The van der Waals surface area contributed by atoms with Crippen LogP contribution in [0.15, 0.2) is 18.2 Å². The first-order valence-corrected chi connectivity index (χ1v) is 6.71. The average Bonchev–Trinajstić information content (AvgIpc) is 2.83. The Bertz CT molecular complexity index is 519. The van der Waals surface area contributed by atoms with Crippen LogP contribution in [0.25, 0.3) is 0 Å². The van der Waals surface area contributed by atoms with Crippen LogP contribution in [0.2, 0.25) is 10.0 Å². The molecule has 1 heterocycles. The van der Waals surface area contributed by atoms with Gasteiger partial charge in [0.05, 0.1) is 16.5 Å². The minimum Gasteiger partial charge on any atom is -0.480 e. The zero-order valence-electron chi connectivity index (χ0n) is 10.1. The van der Waals surface area contributed by atoms with E-state index in [0.717, 1.165) is 12.0 Å². The van der Waals surface area contributed by atoms with Gasteiger partial charge >= 0.3 is 5.97 Å². The van der Waals surface area contributed by atoms with Gasteiger partial charge in [0, 0.05) is 6.54 Å². The van der Waals surface area contributed by atoms with Crippen molar-refractivity contribution in [2.45, 2.75) is 25.3 Å². The molecule has 1 N–H and O–H groups in total. The standard InChI is InChI=1S/C13H13Cl2NO3/c14-9-4-3-8(6-10(9)15)7-12(17)16-5-1-2-11(16)13(18)19/h3-4,6,11H,1-2,5,7H2,(H,18,19). The quantitative estimate of drug-likeness (QED) is 0.933. The van der Waals surface area contributed by atoms with Crippen molar-refractivity contribution in [3.8, 4) is 0 Å². The summed E-state index contributed by atoms with van der Waals surface area (Å²) in [7, 11) is 0. The maximum Gasteiger partial charge on any atom is 0.326 e. The molecule has 19 heavy (non-hydrogen) atoms. The molecule has 0 aliphatic carbocycles. The molecule has 0 bridgehead atoms. The van der Waals surface area contributed by atoms with Crippen LogP contribution in [0, 0.1) is 0 Å². The van der Waals surface area contributed by atoms with Gasteiger partial charge in [0.15, 0.2) is 0 Å². The van der Waals surface area contributed by atoms with E-state index in [-0.39, 0.29) is 12.3 Å². The fourth-order valence-electron chi connectivity index (χ4n) is 2.25. The highest BCUT2D eigenvalue weighted by Gasteiger charge is 2.33. The van der Waals surface area contributed by atoms with Crippen molar-refractivity contribution in [2.75, 3.05) is 6.54 Å². The van der Waals surface area contributed by atoms with Crippen LogP contribution in [0.1, 0.15) is 18.4 Å². The number of likely N-dealkylation sites (tertiary alicyclic amines) is 1. The van der Waals surface area contributed by atoms with E-state index in [1.165, 1.54) is 4.90 Å². The minimum absolute atomic E-state index is 0.140. The number of carboxylic acid groups (broad SMARTS) is 1. The smallest absolute Gasteiger partial charge is 0.326 e. The third-order valence-corrected chi connectivity index (χ3v) is 3.94. The van der Waals surface area contributed by atoms with Crippen molar-refractivity contribution in [3.63, 3.8) is 0 Å². The summed E-state index contributed by atoms with van der Waals surface area (Å²) in [6, 6.07) is 4.28. The maximum absolute atomic E-state index is 12.1. The van der Waals surface area contributed by atoms with E-state index in [1.54, 1.807) is 18.2 Å². The van der Waals surface area contributed by atoms with Crippen LogP contribution in [-0.2, 0) is 16.0 Å². The number of carboxylic acids is 1. The van der Waals surface area contributed by atoms with Crippen LogP contribution in [0.4, 0.5) is 0 Å². The summed E-state index contributed by atoms with van der Waals surface area (Å²) >= 11 is 11.7. The van der Waals surface area contributed by atoms with Gasteiger partial charge < -0.3 is 10.0 Å². The molecule has 1 saturated heterocycles. The number of aliphatic carboxylic acids is 1. The number of rotatable bonds is 3. The van der Waals surface area contributed by atoms with Crippen LogP contribution < -0.4 is 0 Å². The first kappa shape index (κ1) is 14.2. The lowest BCUT2D eigenvalue weighted by Crippen LogP contribution is -2.41. The Morgan fingerprint density at radius 1 is 1.32 bits per heavy atom. The number of nitrogens with zero attached hydrogens (tertiary/aromatic N) is 1. The normalized spacial score (nSPS) is 18.6. The molecule has 1 fully saturated rings. The fraction of sp³-hybridized carbons (Fsp3) is 0.385. The van der Waals surface area contributed by atoms with Gasteiger partial charge in [-0.15, -0.1) is 0 Å². The first-order chi connectivity index (χ1) is 8.99. The van der Waals surface area contributed by atoms with E-state index < -0.39 is 12.0 Å². The Kier molecular flexibility index (Phi) is 4.32. The van der Waals surface area contributed by atoms with Gasteiger partial charge in [-0.2, -0.15) is 0 Å². The van der Waals surface area contributed by atoms with Gasteiger partial charge in [0.1, 0.15) is 6.04 Å². The molecule has 1 aliphatic heterocycles. The zero-order valence-corrected chi connectivity index (χ0v) is 11.6. The summed E-state index contributed by atoms with van der Waals surface area (Å²) in [5.41, 5.74) is 0.732. The number of amides is 1. The Morgan fingerprint density at radius 3 is 2.68 bits per heavy atom. The zero-order chi connectivity index (χ0) is 14.0. The first-order valence-electron chi connectivity index (χ1n) is 5.95. The van der Waals surface area contributed by atoms with Gasteiger partial charge in [-0.05, 0) is 30.5 Å². The van der Waals surface area contributed by atoms with Gasteiger partial charge in [-0.1, -0.05) is 29.3 Å². The number of hydrogen-bond acceptors (Lipinski definition) is 2. The largest absolute Gasteiger partial charge is 0.480 e. The molecule has 6 heteroatoms. The lowest BCUT2D eigenvalue weighted by molar-refractivity contribution is -0.148. The van der Waals surface area contributed by atoms with Crippen molar-refractivity contribution < 1.29 is 14.7 Å². The van der Waals surface area contributed by atoms with Crippen LogP contribution in [-0.4, -0.2) is 34.5 Å². The van der Waals surface area contributed by atoms with Crippen molar-refractivity contribution in [1.29, 1.82) is 0 Å². The lowest BCUT2D eigenvalue weighted by atomic mass is 10.1. The van der Waals surface area contributed by atoms with Gasteiger partial charge in [0.2, 0.25) is 5.91 Å². The van der Waals surface area contributed by atoms with Crippen molar-refractivity contribution in [3.05, 3.63) is 33.8 Å².